The summed E-state index contributed by atoms with van der Waals surface area (Å²) < 4.78 is 0. The van der Waals surface area contributed by atoms with Crippen molar-refractivity contribution in [2.24, 2.45) is 5.73 Å². The van der Waals surface area contributed by atoms with Gasteiger partial charge in [-0.25, -0.2) is 9.59 Å². The number of carboxylic acid groups (broad SMARTS) is 2. The molecule has 21 N–H and O–H groups in total. The number of benzene rings is 3. The third-order valence-corrected chi connectivity index (χ3v) is 15.0. The number of nitro groups is 2. The van der Waals surface area contributed by atoms with Gasteiger partial charge < -0.3 is 106 Å². The van der Waals surface area contributed by atoms with Crippen molar-refractivity contribution in [3.63, 3.8) is 0 Å². The summed E-state index contributed by atoms with van der Waals surface area (Å²) in [7, 11) is 0. The van der Waals surface area contributed by atoms with Crippen LogP contribution in [0.1, 0.15) is 98.3 Å². The van der Waals surface area contributed by atoms with Gasteiger partial charge in [-0.1, -0.05) is 0 Å². The number of anilines is 4. The number of aliphatic hydroxyl groups excluding tert-OH is 1. The first-order valence-electron chi connectivity index (χ1n) is 31.5. The molecule has 41 heteroatoms. The molecule has 0 saturated carbocycles. The summed E-state index contributed by atoms with van der Waals surface area (Å²) in [6, 6.07) is 2.40. The topological polar surface area (TPSA) is 622 Å². The Kier molecular flexibility index (Phi) is 31.3. The van der Waals surface area contributed by atoms with Crippen molar-refractivity contribution in [1.82, 2.24) is 63.8 Å². The van der Waals surface area contributed by atoms with Crippen LogP contribution in [0.2, 0.25) is 0 Å². The third-order valence-electron chi connectivity index (χ3n) is 15.0. The number of hydrogen-bond acceptors (Lipinski definition) is 22. The number of primary amides is 1. The number of hydrogen-bond donors (Lipinski definition) is 20. The van der Waals surface area contributed by atoms with Crippen LogP contribution in [-0.2, 0) is 52.7 Å². The highest BCUT2D eigenvalue weighted by molar-refractivity contribution is 6.05. The molecule has 3 aromatic rings. The fourth-order valence-corrected chi connectivity index (χ4v) is 9.89. The number of non-ortho nitro benzene ring substituents is 2. The van der Waals surface area contributed by atoms with Crippen molar-refractivity contribution in [2.45, 2.75) is 120 Å². The Balaban J connectivity index is 1.10. The molecule has 5 rings (SSSR count). The van der Waals surface area contributed by atoms with Crippen molar-refractivity contribution in [3.05, 3.63) is 92.0 Å². The first kappa shape index (κ1) is 79.4. The van der Waals surface area contributed by atoms with Crippen molar-refractivity contribution in [3.8, 4) is 0 Å². The standard InChI is InChI=1S/C60H79N19O22/c1-31(80)50-58(95)67-28-47(83)73-43(11-7-23-63-39-19-17-35(79(100)101)25-37(39)52(89)77-50)57(94)75-41(54(91)69-30-49(86)87)9-3-5-21-65-60(97)71-33-14-12-32(13-15-33)70-59(96)64-20-4-2-8-40(53(90)68-29-48(84)85)74-56(93)42-10-6-22-62-38-18-16-34(78(98)99)24-36(38)51(88)76-44(26-45(61)81)55(92)66-27-46(82)72-42/h12-19,24-25,31,40-44,50,62-63,80H,2-11,20-23,26-30H2,1H3,(H2,61,81)(H,66,92)(H,67,95)(H,68,90)(H,69,91)(H,72,82)(H,73,83)(H,74,93)(H,75,94)(H,76,88)(H,77,89)(H,84,85)(H,86,87)(H2,64,70,96)(H2,65,71,97)/t31?,40-,41-,42-,43-,44?,50-/m0/s1. The van der Waals surface area contributed by atoms with Crippen LogP contribution in [0, 0.1) is 20.2 Å². The van der Waals surface area contributed by atoms with E-state index in [9.17, 15) is 107 Å². The molecule has 0 saturated heterocycles. The number of urea groups is 2. The number of carbonyl (C=O) groups is 15. The summed E-state index contributed by atoms with van der Waals surface area (Å²) >= 11 is 0. The monoisotopic (exact) mass is 1420 g/mol. The second kappa shape index (κ2) is 39.8. The van der Waals surface area contributed by atoms with Gasteiger partial charge in [-0.05, 0) is 108 Å². The third kappa shape index (κ3) is 27.2. The lowest BCUT2D eigenvalue weighted by Crippen LogP contribution is -2.56. The fourth-order valence-electron chi connectivity index (χ4n) is 9.89. The average Bonchev–Trinajstić information content (AvgIpc) is 1.21. The second-order valence-corrected chi connectivity index (χ2v) is 22.9. The SMILES string of the molecule is CC(O)[C@@H]1NC(=O)c2cc([N+](=O)[O-])ccc2NCCC[C@@H](C(=O)N[C@@H](CCCCNC(=O)Nc2ccc(NC(=O)NCCCC[C@H](NC(=O)[C@@H]3CCCNc4ccc([N+](=O)[O-])cc4C(=O)NC(CC(N)=O)C(=O)NCC(=O)N3)C(=O)NCC(=O)O)cc2)C(=O)NCC(=O)O)NC(=O)CNC1=O. The Morgan fingerprint density at radius 3 is 1.38 bits per heavy atom. The molecule has 41 nitrogen and oxygen atoms in total. The molecular weight excluding hydrogens is 1340 g/mol. The average molecular weight is 1420 g/mol. The van der Waals surface area contributed by atoms with E-state index in [0.717, 1.165) is 24.3 Å². The highest BCUT2D eigenvalue weighted by Gasteiger charge is 2.33. The molecular formula is C60H79N19O22. The largest absolute Gasteiger partial charge is 0.480 e. The van der Waals surface area contributed by atoms with E-state index in [0.29, 0.717) is 11.4 Å². The van der Waals surface area contributed by atoms with Gasteiger partial charge in [0.15, 0.2) is 0 Å². The van der Waals surface area contributed by atoms with Gasteiger partial charge in [0.05, 0.1) is 46.6 Å². The van der Waals surface area contributed by atoms with Crippen LogP contribution in [0.3, 0.4) is 0 Å². The van der Waals surface area contributed by atoms with Crippen LogP contribution in [0.15, 0.2) is 60.7 Å². The quantitative estimate of drug-likeness (QED) is 0.0204. The maximum absolute atomic E-state index is 13.8. The number of unbranched alkanes of at least 4 members (excludes halogenated alkanes) is 2. The number of nitrogens with zero attached hydrogens (tertiary/aromatic N) is 2. The van der Waals surface area contributed by atoms with Crippen LogP contribution in [-0.4, -0.2) is 209 Å². The summed E-state index contributed by atoms with van der Waals surface area (Å²) in [5.41, 5.74) is 4.57. The predicted octanol–water partition coefficient (Wildman–Crippen LogP) is -3.08. The van der Waals surface area contributed by atoms with Gasteiger partial charge in [-0.15, -0.1) is 0 Å². The number of fused-ring (bicyclic) bond motifs is 2. The van der Waals surface area contributed by atoms with Crippen molar-refractivity contribution >= 4 is 123 Å². The first-order valence-corrected chi connectivity index (χ1v) is 31.5. The van der Waals surface area contributed by atoms with Gasteiger partial charge in [0.25, 0.3) is 23.2 Å². The number of rotatable bonds is 27. The molecule has 3 aromatic carbocycles. The Morgan fingerprint density at radius 2 is 0.980 bits per heavy atom. The zero-order chi connectivity index (χ0) is 74.3. The zero-order valence-electron chi connectivity index (χ0n) is 54.3. The molecule has 15 amide bonds. The Bertz CT molecular complexity index is 3600. The maximum atomic E-state index is 13.8. The van der Waals surface area contributed by atoms with Crippen LogP contribution in [0.25, 0.3) is 0 Å². The smallest absolute Gasteiger partial charge is 0.322 e. The molecule has 0 fully saturated rings. The molecule has 7 atom stereocenters. The van der Waals surface area contributed by atoms with E-state index in [4.69, 9.17) is 5.73 Å². The van der Waals surface area contributed by atoms with Crippen LogP contribution >= 0.6 is 0 Å². The molecule has 0 aromatic heterocycles. The number of aliphatic carboxylic acids is 2. The van der Waals surface area contributed by atoms with E-state index in [1.165, 1.54) is 43.3 Å². The van der Waals surface area contributed by atoms with Crippen molar-refractivity contribution < 1.29 is 97.1 Å². The summed E-state index contributed by atoms with van der Waals surface area (Å²) in [5, 5.41) is 91.8. The number of nitrogens with one attached hydrogen (secondary N) is 16. The zero-order valence-corrected chi connectivity index (χ0v) is 54.3. The van der Waals surface area contributed by atoms with Gasteiger partial charge in [0.2, 0.25) is 53.2 Å². The molecule has 101 heavy (non-hydrogen) atoms. The predicted molar refractivity (Wildman–Crippen MR) is 353 cm³/mol. The Hall–Kier alpha value is -12.3. The lowest BCUT2D eigenvalue weighted by atomic mass is 10.1. The molecule has 0 radical (unpaired) electrons. The van der Waals surface area contributed by atoms with E-state index in [2.05, 4.69) is 85.1 Å². The van der Waals surface area contributed by atoms with Gasteiger partial charge in [-0.2, -0.15) is 0 Å². The highest BCUT2D eigenvalue weighted by Crippen LogP contribution is 2.25. The van der Waals surface area contributed by atoms with Crippen LogP contribution in [0.5, 0.6) is 0 Å². The normalized spacial score (nSPS) is 17.8. The molecule has 0 spiro atoms. The molecule has 2 heterocycles. The van der Waals surface area contributed by atoms with Crippen molar-refractivity contribution in [2.75, 3.05) is 73.6 Å². The number of nitrogens with two attached hydrogens (primary N) is 1. The minimum Gasteiger partial charge on any atom is -0.480 e. The van der Waals surface area contributed by atoms with Crippen LogP contribution < -0.4 is 90.8 Å². The van der Waals surface area contributed by atoms with E-state index in [1.54, 1.807) is 0 Å². The van der Waals surface area contributed by atoms with E-state index in [1.807, 2.05) is 0 Å². The molecule has 0 bridgehead atoms. The number of aliphatic hydroxyl groups is 1. The molecule has 0 aliphatic carbocycles. The van der Waals surface area contributed by atoms with Gasteiger partial charge in [-0.3, -0.25) is 82.6 Å². The molecule has 546 valence electrons. The highest BCUT2D eigenvalue weighted by atomic mass is 16.6. The number of amides is 15. The number of carboxylic acids is 2. The molecule has 2 unspecified atom stereocenters. The summed E-state index contributed by atoms with van der Waals surface area (Å²) in [6.45, 7) is -1.89. The Morgan fingerprint density at radius 1 is 0.564 bits per heavy atom. The van der Waals surface area contributed by atoms with Gasteiger partial charge in [0.1, 0.15) is 49.3 Å². The lowest BCUT2D eigenvalue weighted by molar-refractivity contribution is -0.385. The number of carbonyl (C=O) groups excluding carboxylic acids is 13. The summed E-state index contributed by atoms with van der Waals surface area (Å²) in [5.74, 6) is -13.2. The fraction of sp³-hybridized carbons (Fsp3) is 0.450. The minimum atomic E-state index is -1.64. The summed E-state index contributed by atoms with van der Waals surface area (Å²) in [6.07, 6.45) is -1.72. The van der Waals surface area contributed by atoms with Crippen LogP contribution in [0.4, 0.5) is 43.7 Å². The Labute approximate surface area is 573 Å². The number of nitro benzene ring substituents is 2. The molecule has 2 aliphatic rings. The van der Waals surface area contributed by atoms with E-state index < -0.39 is 185 Å². The van der Waals surface area contributed by atoms with Gasteiger partial charge in [0, 0.05) is 73.2 Å². The van der Waals surface area contributed by atoms with E-state index in [-0.39, 0.29) is 113 Å². The maximum Gasteiger partial charge on any atom is 0.322 e. The molecule has 2 aliphatic heterocycles. The van der Waals surface area contributed by atoms with E-state index >= 15 is 0 Å². The lowest BCUT2D eigenvalue weighted by Gasteiger charge is -2.24. The van der Waals surface area contributed by atoms with Crippen molar-refractivity contribution in [1.29, 1.82) is 0 Å². The van der Waals surface area contributed by atoms with Gasteiger partial charge >= 0.3 is 24.0 Å². The minimum absolute atomic E-state index is 0.00212. The summed E-state index contributed by atoms with van der Waals surface area (Å²) in [4.78, 5) is 215. The second-order valence-electron chi connectivity index (χ2n) is 22.9. The first-order chi connectivity index (χ1) is 48.0.